The number of hydrogen-bond donors (Lipinski definition) is 2. The van der Waals surface area contributed by atoms with Gasteiger partial charge in [-0.05, 0) is 30.5 Å². The zero-order valence-electron chi connectivity index (χ0n) is 16.2. The molecule has 160 valence electrons. The van der Waals surface area contributed by atoms with Crippen LogP contribution in [0.5, 0.6) is 0 Å². The molecule has 1 saturated carbocycles. The molecule has 6 nitrogen and oxygen atoms in total. The molecule has 0 bridgehead atoms. The Kier molecular flexibility index (Phi) is 6.04. The third kappa shape index (κ3) is 4.57. The number of likely N-dealkylation sites (tertiary alicyclic amines) is 1. The van der Waals surface area contributed by atoms with Crippen molar-refractivity contribution in [2.75, 3.05) is 6.54 Å². The molecular formula is C21H22ClF2N3O3. The molecule has 0 aromatic heterocycles. The third-order valence-corrected chi connectivity index (χ3v) is 5.88. The van der Waals surface area contributed by atoms with E-state index < -0.39 is 48.1 Å². The predicted molar refractivity (Wildman–Crippen MR) is 107 cm³/mol. The zero-order chi connectivity index (χ0) is 22.1. The molecule has 1 aliphatic carbocycles. The Labute approximate surface area is 178 Å². The number of nitrogens with zero attached hydrogens (tertiary/aromatic N) is 1. The maximum Gasteiger partial charge on any atom is 0.252 e. The molecule has 0 radical (unpaired) electrons. The molecule has 1 heterocycles. The van der Waals surface area contributed by atoms with Crippen molar-refractivity contribution in [2.45, 2.75) is 55.5 Å². The van der Waals surface area contributed by atoms with Crippen LogP contribution in [0.4, 0.5) is 8.78 Å². The van der Waals surface area contributed by atoms with Gasteiger partial charge >= 0.3 is 0 Å². The first-order valence-corrected chi connectivity index (χ1v) is 9.95. The minimum absolute atomic E-state index is 0.254. The van der Waals surface area contributed by atoms with E-state index in [0.717, 1.165) is 5.56 Å². The molecule has 0 spiro atoms. The van der Waals surface area contributed by atoms with Crippen LogP contribution in [-0.2, 0) is 19.8 Å². The monoisotopic (exact) mass is 437 g/mol. The third-order valence-electron chi connectivity index (χ3n) is 5.63. The fourth-order valence-corrected chi connectivity index (χ4v) is 3.95. The number of carbonyl (C=O) groups excluding carboxylic acids is 3. The van der Waals surface area contributed by atoms with Gasteiger partial charge in [0.15, 0.2) is 0 Å². The second-order valence-corrected chi connectivity index (χ2v) is 8.25. The smallest absolute Gasteiger partial charge is 0.252 e. The molecule has 30 heavy (non-hydrogen) atoms. The van der Waals surface area contributed by atoms with Crippen molar-refractivity contribution in [3.8, 4) is 12.3 Å². The molecule has 2 atom stereocenters. The standard InChI is InChI=1S/C21H22ClF2N3O3/c1-2-15(11-17(25)28)26-18(29)16-12-21(23,24)9-10-27(16)19(30)20(7-8-20)13-3-5-14(22)6-4-13/h1,3-6,15-16H,7-12H2,(H2,25,28)(H,26,29). The van der Waals surface area contributed by atoms with Gasteiger partial charge in [0.1, 0.15) is 6.04 Å². The maximum absolute atomic E-state index is 14.1. The molecule has 1 saturated heterocycles. The van der Waals surface area contributed by atoms with E-state index in [4.69, 9.17) is 23.8 Å². The summed E-state index contributed by atoms with van der Waals surface area (Å²) in [6, 6.07) is 4.38. The number of carbonyl (C=O) groups is 3. The first kappa shape index (κ1) is 22.0. The van der Waals surface area contributed by atoms with E-state index in [1.54, 1.807) is 24.3 Å². The molecule has 2 unspecified atom stereocenters. The van der Waals surface area contributed by atoms with E-state index in [-0.39, 0.29) is 18.9 Å². The summed E-state index contributed by atoms with van der Waals surface area (Å²) in [7, 11) is 0. The Hall–Kier alpha value is -2.66. The van der Waals surface area contributed by atoms with E-state index in [2.05, 4.69) is 11.2 Å². The Morgan fingerprint density at radius 3 is 2.43 bits per heavy atom. The number of halogens is 3. The van der Waals surface area contributed by atoms with Crippen LogP contribution < -0.4 is 11.1 Å². The van der Waals surface area contributed by atoms with Gasteiger partial charge in [-0.25, -0.2) is 8.78 Å². The number of nitrogens with one attached hydrogen (secondary N) is 1. The van der Waals surface area contributed by atoms with Gasteiger partial charge in [0, 0.05) is 24.4 Å². The van der Waals surface area contributed by atoms with Gasteiger partial charge in [-0.2, -0.15) is 0 Å². The highest BCUT2D eigenvalue weighted by molar-refractivity contribution is 6.30. The molecule has 3 N–H and O–H groups in total. The maximum atomic E-state index is 14.1. The SMILES string of the molecule is C#CC(CC(N)=O)NC(=O)C1CC(F)(F)CCN1C(=O)C1(c2ccc(Cl)cc2)CC1. The topological polar surface area (TPSA) is 92.5 Å². The summed E-state index contributed by atoms with van der Waals surface area (Å²) in [5.74, 6) is -2.81. The first-order valence-electron chi connectivity index (χ1n) is 9.58. The van der Waals surface area contributed by atoms with Gasteiger partial charge in [0.05, 0.1) is 17.9 Å². The summed E-state index contributed by atoms with van der Waals surface area (Å²) in [6.07, 6.45) is 4.76. The molecular weight excluding hydrogens is 416 g/mol. The fourth-order valence-electron chi connectivity index (χ4n) is 3.83. The summed E-state index contributed by atoms with van der Waals surface area (Å²) in [4.78, 5) is 38.5. The number of amides is 3. The van der Waals surface area contributed by atoms with E-state index in [9.17, 15) is 23.2 Å². The highest BCUT2D eigenvalue weighted by Gasteiger charge is 2.56. The van der Waals surface area contributed by atoms with Crippen molar-refractivity contribution in [1.82, 2.24) is 10.2 Å². The summed E-state index contributed by atoms with van der Waals surface area (Å²) in [6.45, 7) is -0.254. The molecule has 1 aromatic rings. The normalized spacial score (nSPS) is 22.5. The lowest BCUT2D eigenvalue weighted by atomic mass is 9.90. The van der Waals surface area contributed by atoms with Crippen molar-refractivity contribution in [2.24, 2.45) is 5.73 Å². The van der Waals surface area contributed by atoms with Crippen molar-refractivity contribution < 1.29 is 23.2 Å². The quantitative estimate of drug-likeness (QED) is 0.666. The minimum atomic E-state index is -3.09. The number of hydrogen-bond acceptors (Lipinski definition) is 3. The van der Waals surface area contributed by atoms with Crippen LogP contribution >= 0.6 is 11.6 Å². The van der Waals surface area contributed by atoms with Crippen molar-refractivity contribution in [1.29, 1.82) is 0 Å². The predicted octanol–water partition coefficient (Wildman–Crippen LogP) is 1.99. The number of primary amides is 1. The molecule has 2 fully saturated rings. The molecule has 3 amide bonds. The van der Waals surface area contributed by atoms with E-state index in [0.29, 0.717) is 17.9 Å². The highest BCUT2D eigenvalue weighted by Crippen LogP contribution is 2.51. The van der Waals surface area contributed by atoms with Gasteiger partial charge in [-0.15, -0.1) is 6.42 Å². The Morgan fingerprint density at radius 2 is 1.90 bits per heavy atom. The first-order chi connectivity index (χ1) is 14.1. The van der Waals surface area contributed by atoms with Crippen molar-refractivity contribution in [3.05, 3.63) is 34.9 Å². The van der Waals surface area contributed by atoms with Gasteiger partial charge in [0.25, 0.3) is 5.92 Å². The van der Waals surface area contributed by atoms with E-state index in [1.165, 1.54) is 4.90 Å². The lowest BCUT2D eigenvalue weighted by molar-refractivity contribution is -0.154. The molecule has 1 aromatic carbocycles. The average molecular weight is 438 g/mol. The van der Waals surface area contributed by atoms with Gasteiger partial charge in [-0.3, -0.25) is 14.4 Å². The van der Waals surface area contributed by atoms with Gasteiger partial charge in [-0.1, -0.05) is 29.7 Å². The summed E-state index contributed by atoms with van der Waals surface area (Å²) >= 11 is 5.92. The molecule has 2 aliphatic rings. The minimum Gasteiger partial charge on any atom is -0.370 e. The van der Waals surface area contributed by atoms with Gasteiger partial charge < -0.3 is 16.0 Å². The number of rotatable bonds is 6. The average Bonchev–Trinajstić information content (AvgIpc) is 3.48. The summed E-state index contributed by atoms with van der Waals surface area (Å²) in [5.41, 5.74) is 5.00. The summed E-state index contributed by atoms with van der Waals surface area (Å²) in [5, 5.41) is 2.91. The van der Waals surface area contributed by atoms with Crippen molar-refractivity contribution >= 4 is 29.3 Å². The van der Waals surface area contributed by atoms with Crippen LogP contribution in [-0.4, -0.2) is 47.2 Å². The van der Waals surface area contributed by atoms with Crippen LogP contribution in [0, 0.1) is 12.3 Å². The van der Waals surface area contributed by atoms with Crippen LogP contribution in [0.2, 0.25) is 5.02 Å². The Bertz CT molecular complexity index is 894. The van der Waals surface area contributed by atoms with Crippen molar-refractivity contribution in [3.63, 3.8) is 0 Å². The van der Waals surface area contributed by atoms with Crippen LogP contribution in [0.1, 0.15) is 37.7 Å². The number of benzene rings is 1. The number of alkyl halides is 2. The molecule has 1 aliphatic heterocycles. The number of nitrogens with two attached hydrogens (primary N) is 1. The summed E-state index contributed by atoms with van der Waals surface area (Å²) < 4.78 is 28.2. The van der Waals surface area contributed by atoms with Crippen LogP contribution in [0.3, 0.4) is 0 Å². The second-order valence-electron chi connectivity index (χ2n) is 7.81. The highest BCUT2D eigenvalue weighted by atomic mass is 35.5. The van der Waals surface area contributed by atoms with E-state index >= 15 is 0 Å². The lowest BCUT2D eigenvalue weighted by Crippen LogP contribution is -2.59. The lowest BCUT2D eigenvalue weighted by Gasteiger charge is -2.40. The second kappa shape index (κ2) is 8.23. The Morgan fingerprint density at radius 1 is 1.27 bits per heavy atom. The van der Waals surface area contributed by atoms with Crippen LogP contribution in [0.15, 0.2) is 24.3 Å². The van der Waals surface area contributed by atoms with Crippen LogP contribution in [0.25, 0.3) is 0 Å². The Balaban J connectivity index is 1.83. The fraction of sp³-hybridized carbons (Fsp3) is 0.476. The largest absolute Gasteiger partial charge is 0.370 e. The molecule has 9 heteroatoms. The molecule has 3 rings (SSSR count). The number of terminal acetylenes is 1. The zero-order valence-corrected chi connectivity index (χ0v) is 16.9. The van der Waals surface area contributed by atoms with Gasteiger partial charge in [0.2, 0.25) is 17.7 Å². The van der Waals surface area contributed by atoms with E-state index in [1.807, 2.05) is 0 Å². The number of piperidine rings is 1.